The molecule has 0 aromatic carbocycles. The van der Waals surface area contributed by atoms with Crippen molar-refractivity contribution in [1.29, 1.82) is 0 Å². The Kier molecular flexibility index (Phi) is 5.87. The smallest absolute Gasteiger partial charge is 0.00979 e. The Morgan fingerprint density at radius 1 is 0.692 bits per heavy atom. The standard InChI is InChI=1S/C13H17/c1-2-4-6-8-10-12-13-11-9-7-5-3-1/h1-4,9-11H,5-8,13H2/b3-1+,4-2+,11-9+,12-10?. The second kappa shape index (κ2) is 7.60. The highest BCUT2D eigenvalue weighted by Gasteiger charge is 1.79. The summed E-state index contributed by atoms with van der Waals surface area (Å²) in [6.07, 6.45) is 24.0. The molecule has 0 aromatic rings. The summed E-state index contributed by atoms with van der Waals surface area (Å²) in [4.78, 5) is 0. The minimum atomic E-state index is 0.966. The first-order valence-corrected chi connectivity index (χ1v) is 5.02. The molecule has 1 radical (unpaired) electrons. The van der Waals surface area contributed by atoms with E-state index < -0.39 is 0 Å². The van der Waals surface area contributed by atoms with Gasteiger partial charge in [0, 0.05) is 0 Å². The molecule has 0 heterocycles. The van der Waals surface area contributed by atoms with Crippen LogP contribution < -0.4 is 0 Å². The Bertz CT molecular complexity index is 192. The van der Waals surface area contributed by atoms with Crippen molar-refractivity contribution >= 4 is 0 Å². The third-order valence-electron chi connectivity index (χ3n) is 1.91. The number of hydrogen-bond donors (Lipinski definition) is 0. The molecule has 0 spiro atoms. The maximum atomic E-state index is 3.26. The van der Waals surface area contributed by atoms with E-state index in [2.05, 4.69) is 48.6 Å². The van der Waals surface area contributed by atoms with E-state index in [9.17, 15) is 0 Å². The quantitative estimate of drug-likeness (QED) is 0.486. The van der Waals surface area contributed by atoms with Crippen LogP contribution in [0.25, 0.3) is 0 Å². The second-order valence-electron chi connectivity index (χ2n) is 3.09. The highest BCUT2D eigenvalue weighted by atomic mass is 13.9. The zero-order chi connectivity index (χ0) is 9.19. The normalized spacial score (nSPS) is 28.9. The Balaban J connectivity index is 2.38. The molecule has 0 saturated carbocycles. The molecule has 0 aliphatic heterocycles. The number of allylic oxidation sites excluding steroid dienone is 8. The summed E-state index contributed by atoms with van der Waals surface area (Å²) in [6, 6.07) is 0. The summed E-state index contributed by atoms with van der Waals surface area (Å²) in [5.74, 6) is 0. The summed E-state index contributed by atoms with van der Waals surface area (Å²) < 4.78 is 0. The third-order valence-corrected chi connectivity index (χ3v) is 1.91. The van der Waals surface area contributed by atoms with Crippen LogP contribution in [-0.2, 0) is 0 Å². The highest BCUT2D eigenvalue weighted by molar-refractivity contribution is 5.04. The minimum Gasteiger partial charge on any atom is -0.0879 e. The second-order valence-corrected chi connectivity index (χ2v) is 3.09. The van der Waals surface area contributed by atoms with Crippen LogP contribution in [0.1, 0.15) is 32.1 Å². The SMILES string of the molecule is [C]1=C/CC/C=C/C=C/CC/C=C/C/1. The summed E-state index contributed by atoms with van der Waals surface area (Å²) in [5, 5.41) is 0. The first-order valence-electron chi connectivity index (χ1n) is 5.02. The van der Waals surface area contributed by atoms with Crippen LogP contribution in [0.15, 0.2) is 42.5 Å². The third kappa shape index (κ3) is 6.15. The zero-order valence-electron chi connectivity index (χ0n) is 8.08. The zero-order valence-corrected chi connectivity index (χ0v) is 8.08. The molecule has 0 aromatic heterocycles. The van der Waals surface area contributed by atoms with Crippen molar-refractivity contribution in [2.45, 2.75) is 32.1 Å². The van der Waals surface area contributed by atoms with Crippen molar-refractivity contribution in [2.75, 3.05) is 0 Å². The van der Waals surface area contributed by atoms with Crippen LogP contribution in [-0.4, -0.2) is 0 Å². The van der Waals surface area contributed by atoms with Crippen LogP contribution in [0.3, 0.4) is 0 Å². The molecule has 1 aliphatic rings. The molecule has 0 unspecified atom stereocenters. The highest BCUT2D eigenvalue weighted by Crippen LogP contribution is 1.99. The molecule has 0 amide bonds. The summed E-state index contributed by atoms with van der Waals surface area (Å²) in [6.45, 7) is 0. The van der Waals surface area contributed by atoms with Gasteiger partial charge in [0.1, 0.15) is 0 Å². The molecule has 0 fully saturated rings. The Hall–Kier alpha value is -1.04. The predicted octanol–water partition coefficient (Wildman–Crippen LogP) is 3.98. The predicted molar refractivity (Wildman–Crippen MR) is 58.3 cm³/mol. The van der Waals surface area contributed by atoms with Crippen molar-refractivity contribution in [3.05, 3.63) is 48.6 Å². The van der Waals surface area contributed by atoms with Gasteiger partial charge in [-0.1, -0.05) is 42.5 Å². The van der Waals surface area contributed by atoms with Gasteiger partial charge in [-0.3, -0.25) is 0 Å². The largest absolute Gasteiger partial charge is 0.0879 e. The monoisotopic (exact) mass is 173 g/mol. The number of hydrogen-bond acceptors (Lipinski definition) is 0. The van der Waals surface area contributed by atoms with Crippen molar-refractivity contribution in [3.8, 4) is 0 Å². The maximum absolute atomic E-state index is 3.26. The van der Waals surface area contributed by atoms with Crippen molar-refractivity contribution in [1.82, 2.24) is 0 Å². The lowest BCUT2D eigenvalue weighted by Gasteiger charge is -1.84. The van der Waals surface area contributed by atoms with E-state index in [1.807, 2.05) is 0 Å². The Labute approximate surface area is 81.4 Å². The topological polar surface area (TPSA) is 0 Å². The van der Waals surface area contributed by atoms with Crippen LogP contribution in [0.5, 0.6) is 0 Å². The Morgan fingerprint density at radius 3 is 2.23 bits per heavy atom. The molecule has 0 bridgehead atoms. The van der Waals surface area contributed by atoms with Gasteiger partial charge in [-0.2, -0.15) is 0 Å². The van der Waals surface area contributed by atoms with Gasteiger partial charge in [0.15, 0.2) is 0 Å². The van der Waals surface area contributed by atoms with Crippen LogP contribution >= 0.6 is 0 Å². The van der Waals surface area contributed by atoms with Gasteiger partial charge >= 0.3 is 0 Å². The molecule has 1 aliphatic carbocycles. The minimum absolute atomic E-state index is 0.966. The van der Waals surface area contributed by atoms with Crippen LogP contribution in [0.2, 0.25) is 0 Å². The van der Waals surface area contributed by atoms with Gasteiger partial charge in [-0.25, -0.2) is 0 Å². The molecule has 0 nitrogen and oxygen atoms in total. The lowest BCUT2D eigenvalue weighted by atomic mass is 10.2. The first kappa shape index (κ1) is 10.0. The van der Waals surface area contributed by atoms with Gasteiger partial charge in [-0.15, -0.1) is 0 Å². The Morgan fingerprint density at radius 2 is 1.38 bits per heavy atom. The first-order chi connectivity index (χ1) is 6.50. The molecule has 69 valence electrons. The van der Waals surface area contributed by atoms with E-state index in [0.717, 1.165) is 32.1 Å². The van der Waals surface area contributed by atoms with Gasteiger partial charge in [0.05, 0.1) is 0 Å². The van der Waals surface area contributed by atoms with E-state index in [0.29, 0.717) is 0 Å². The van der Waals surface area contributed by atoms with E-state index in [-0.39, 0.29) is 0 Å². The summed E-state index contributed by atoms with van der Waals surface area (Å²) in [5.41, 5.74) is 0. The fourth-order valence-corrected chi connectivity index (χ4v) is 1.18. The van der Waals surface area contributed by atoms with E-state index in [1.54, 1.807) is 0 Å². The average Bonchev–Trinajstić information content (AvgIpc) is 2.18. The molecule has 0 heteroatoms. The van der Waals surface area contributed by atoms with Gasteiger partial charge < -0.3 is 0 Å². The maximum Gasteiger partial charge on any atom is -0.00979 e. The molecule has 1 rings (SSSR count). The summed E-state index contributed by atoms with van der Waals surface area (Å²) >= 11 is 0. The average molecular weight is 173 g/mol. The van der Waals surface area contributed by atoms with Crippen molar-refractivity contribution in [2.24, 2.45) is 0 Å². The molecule has 0 saturated heterocycles. The lowest BCUT2D eigenvalue weighted by Crippen LogP contribution is -1.65. The van der Waals surface area contributed by atoms with E-state index >= 15 is 0 Å². The van der Waals surface area contributed by atoms with Gasteiger partial charge in [0.25, 0.3) is 0 Å². The fourth-order valence-electron chi connectivity index (χ4n) is 1.18. The van der Waals surface area contributed by atoms with Crippen LogP contribution in [0, 0.1) is 6.08 Å². The summed E-state index contributed by atoms with van der Waals surface area (Å²) in [7, 11) is 0. The molecular weight excluding hydrogens is 156 g/mol. The number of rotatable bonds is 0. The lowest BCUT2D eigenvalue weighted by molar-refractivity contribution is 1.03. The van der Waals surface area contributed by atoms with Crippen LogP contribution in [0.4, 0.5) is 0 Å². The fraction of sp³-hybridized carbons (Fsp3) is 0.385. The van der Waals surface area contributed by atoms with Crippen molar-refractivity contribution < 1.29 is 0 Å². The van der Waals surface area contributed by atoms with E-state index in [4.69, 9.17) is 0 Å². The molecule has 0 N–H and O–H groups in total. The van der Waals surface area contributed by atoms with Gasteiger partial charge in [-0.05, 0) is 38.2 Å². The molecular formula is C13H17. The van der Waals surface area contributed by atoms with Crippen molar-refractivity contribution in [3.63, 3.8) is 0 Å². The van der Waals surface area contributed by atoms with Gasteiger partial charge in [0.2, 0.25) is 0 Å². The molecule has 13 heavy (non-hydrogen) atoms. The van der Waals surface area contributed by atoms with E-state index in [1.165, 1.54) is 0 Å². The molecule has 0 atom stereocenters.